The normalized spacial score (nSPS) is 10.8. The van der Waals surface area contributed by atoms with Gasteiger partial charge in [-0.3, -0.25) is 9.78 Å². The van der Waals surface area contributed by atoms with Gasteiger partial charge in [0.15, 0.2) is 5.69 Å². The Morgan fingerprint density at radius 1 is 1.16 bits per heavy atom. The second-order valence-electron chi connectivity index (χ2n) is 5.36. The Hall–Kier alpha value is -3.48. The molecule has 0 fully saturated rings. The van der Waals surface area contributed by atoms with Gasteiger partial charge in [0, 0.05) is 5.56 Å². The van der Waals surface area contributed by atoms with E-state index in [0.717, 1.165) is 11.1 Å². The highest BCUT2D eigenvalue weighted by Crippen LogP contribution is 2.17. The highest BCUT2D eigenvalue weighted by molar-refractivity contribution is 5.80. The highest BCUT2D eigenvalue weighted by Gasteiger charge is 2.07. The fraction of sp³-hybridized carbons (Fsp3) is 0.111. The summed E-state index contributed by atoms with van der Waals surface area (Å²) in [7, 11) is 1.58. The van der Waals surface area contributed by atoms with E-state index in [1.165, 1.54) is 0 Å². The Morgan fingerprint density at radius 3 is 2.64 bits per heavy atom. The summed E-state index contributed by atoms with van der Waals surface area (Å²) >= 11 is 0. The Morgan fingerprint density at radius 2 is 1.96 bits per heavy atom. The fourth-order valence-corrected chi connectivity index (χ4v) is 2.24. The lowest BCUT2D eigenvalue weighted by atomic mass is 10.1. The summed E-state index contributed by atoms with van der Waals surface area (Å²) in [4.78, 5) is 14.8. The number of methoxy groups -OCH3 is 1. The van der Waals surface area contributed by atoms with Gasteiger partial charge in [-0.2, -0.15) is 5.10 Å². The molecule has 0 atom stereocenters. The Balaban J connectivity index is 1.74. The number of aromatic nitrogens is 3. The molecule has 1 aromatic heterocycles. The van der Waals surface area contributed by atoms with Crippen LogP contribution in [-0.4, -0.2) is 28.5 Å². The van der Waals surface area contributed by atoms with Gasteiger partial charge in [-0.05, 0) is 36.8 Å². The lowest BCUT2D eigenvalue weighted by Gasteiger charge is -2.03. The van der Waals surface area contributed by atoms with Crippen LogP contribution in [0.5, 0.6) is 5.75 Å². The van der Waals surface area contributed by atoms with Gasteiger partial charge in [0.25, 0.3) is 5.56 Å². The van der Waals surface area contributed by atoms with Crippen molar-refractivity contribution in [1.29, 1.82) is 0 Å². The third-order valence-electron chi connectivity index (χ3n) is 3.49. The zero-order valence-electron chi connectivity index (χ0n) is 13.9. The molecule has 0 saturated carbocycles. The monoisotopic (exact) mass is 335 g/mol. The van der Waals surface area contributed by atoms with E-state index in [2.05, 4.69) is 25.7 Å². The molecule has 0 radical (unpaired) electrons. The zero-order chi connectivity index (χ0) is 17.6. The number of rotatable bonds is 5. The SMILES string of the molecule is COc1ccc(-c2nnc(N/N=C/c3cccc(C)c3)[nH]c2=O)cc1. The van der Waals surface area contributed by atoms with Gasteiger partial charge in [0.1, 0.15) is 5.75 Å². The first-order valence-corrected chi connectivity index (χ1v) is 7.63. The Labute approximate surface area is 144 Å². The number of nitrogens with one attached hydrogen (secondary N) is 2. The third kappa shape index (κ3) is 4.08. The first kappa shape index (κ1) is 16.4. The van der Waals surface area contributed by atoms with E-state index in [0.29, 0.717) is 11.3 Å². The van der Waals surface area contributed by atoms with Crippen molar-refractivity contribution in [3.05, 3.63) is 70.0 Å². The number of ether oxygens (including phenoxy) is 1. The molecule has 1 heterocycles. The van der Waals surface area contributed by atoms with Crippen molar-refractivity contribution in [3.63, 3.8) is 0 Å². The number of benzene rings is 2. The fourth-order valence-electron chi connectivity index (χ4n) is 2.24. The lowest BCUT2D eigenvalue weighted by Crippen LogP contribution is -2.15. The minimum atomic E-state index is -0.353. The van der Waals surface area contributed by atoms with Crippen molar-refractivity contribution in [2.75, 3.05) is 12.5 Å². The van der Waals surface area contributed by atoms with Gasteiger partial charge in [-0.1, -0.05) is 29.8 Å². The maximum atomic E-state index is 12.2. The van der Waals surface area contributed by atoms with Crippen LogP contribution in [0.4, 0.5) is 5.95 Å². The molecular weight excluding hydrogens is 318 g/mol. The summed E-state index contributed by atoms with van der Waals surface area (Å²) < 4.78 is 5.09. The molecular formula is C18H17N5O2. The van der Waals surface area contributed by atoms with Crippen LogP contribution in [0.2, 0.25) is 0 Å². The molecule has 25 heavy (non-hydrogen) atoms. The van der Waals surface area contributed by atoms with E-state index in [9.17, 15) is 4.79 Å². The molecule has 2 aromatic carbocycles. The molecule has 0 saturated heterocycles. The smallest absolute Gasteiger partial charge is 0.279 e. The molecule has 0 amide bonds. The van der Waals surface area contributed by atoms with E-state index in [4.69, 9.17) is 4.74 Å². The van der Waals surface area contributed by atoms with E-state index < -0.39 is 0 Å². The van der Waals surface area contributed by atoms with Gasteiger partial charge >= 0.3 is 0 Å². The van der Waals surface area contributed by atoms with Crippen LogP contribution in [0.3, 0.4) is 0 Å². The second kappa shape index (κ2) is 7.39. The molecule has 7 nitrogen and oxygen atoms in total. The van der Waals surface area contributed by atoms with E-state index in [1.807, 2.05) is 31.2 Å². The number of aromatic amines is 1. The van der Waals surface area contributed by atoms with Crippen molar-refractivity contribution in [3.8, 4) is 17.0 Å². The summed E-state index contributed by atoms with van der Waals surface area (Å²) in [5.74, 6) is 0.878. The quantitative estimate of drug-likeness (QED) is 0.552. The van der Waals surface area contributed by atoms with E-state index >= 15 is 0 Å². The second-order valence-corrected chi connectivity index (χ2v) is 5.36. The summed E-state index contributed by atoms with van der Waals surface area (Å²) in [6, 6.07) is 14.9. The summed E-state index contributed by atoms with van der Waals surface area (Å²) in [5.41, 5.74) is 5.29. The van der Waals surface area contributed by atoms with Crippen LogP contribution in [-0.2, 0) is 0 Å². The maximum Gasteiger partial charge on any atom is 0.279 e. The van der Waals surface area contributed by atoms with Crippen LogP contribution in [0.1, 0.15) is 11.1 Å². The lowest BCUT2D eigenvalue weighted by molar-refractivity contribution is 0.415. The molecule has 0 spiro atoms. The summed E-state index contributed by atoms with van der Waals surface area (Å²) in [6.07, 6.45) is 1.64. The molecule has 0 bridgehead atoms. The predicted octanol–water partition coefficient (Wildman–Crippen LogP) is 2.59. The molecule has 7 heteroatoms. The molecule has 3 aromatic rings. The number of hydrogen-bond donors (Lipinski definition) is 2. The van der Waals surface area contributed by atoms with Crippen LogP contribution in [0, 0.1) is 6.92 Å². The predicted molar refractivity (Wildman–Crippen MR) is 97.0 cm³/mol. The van der Waals surface area contributed by atoms with Crippen molar-refractivity contribution in [2.45, 2.75) is 6.92 Å². The van der Waals surface area contributed by atoms with Crippen molar-refractivity contribution in [1.82, 2.24) is 15.2 Å². The first-order valence-electron chi connectivity index (χ1n) is 7.63. The number of anilines is 1. The first-order chi connectivity index (χ1) is 12.2. The minimum absolute atomic E-state index is 0.172. The zero-order valence-corrected chi connectivity index (χ0v) is 13.9. The maximum absolute atomic E-state index is 12.2. The van der Waals surface area contributed by atoms with Crippen LogP contribution in [0.25, 0.3) is 11.3 Å². The number of nitrogens with zero attached hydrogens (tertiary/aromatic N) is 3. The van der Waals surface area contributed by atoms with Crippen molar-refractivity contribution >= 4 is 12.2 Å². The van der Waals surface area contributed by atoms with Crippen LogP contribution < -0.4 is 15.7 Å². The van der Waals surface area contributed by atoms with Crippen LogP contribution >= 0.6 is 0 Å². The average molecular weight is 335 g/mol. The molecule has 0 aliphatic rings. The number of hydrazone groups is 1. The standard InChI is InChI=1S/C18H17N5O2/c1-12-4-3-5-13(10-12)11-19-22-18-20-17(24)16(21-23-18)14-6-8-15(25-2)9-7-14/h3-11H,1-2H3,(H2,20,22,23,24)/b19-11+. The number of hydrogen-bond acceptors (Lipinski definition) is 6. The molecule has 3 rings (SSSR count). The van der Waals surface area contributed by atoms with Gasteiger partial charge < -0.3 is 4.74 Å². The molecule has 0 unspecified atom stereocenters. The Kier molecular flexibility index (Phi) is 4.84. The molecule has 0 aliphatic heterocycles. The molecule has 126 valence electrons. The summed E-state index contributed by atoms with van der Waals surface area (Å²) in [5, 5.41) is 12.0. The van der Waals surface area contributed by atoms with Crippen LogP contribution in [0.15, 0.2) is 58.4 Å². The highest BCUT2D eigenvalue weighted by atomic mass is 16.5. The van der Waals surface area contributed by atoms with Crippen molar-refractivity contribution < 1.29 is 4.74 Å². The largest absolute Gasteiger partial charge is 0.497 e. The van der Waals surface area contributed by atoms with Gasteiger partial charge in [-0.25, -0.2) is 5.43 Å². The molecule has 2 N–H and O–H groups in total. The number of H-pyrrole nitrogens is 1. The summed E-state index contributed by atoms with van der Waals surface area (Å²) in [6.45, 7) is 2.01. The Bertz CT molecular complexity index is 948. The van der Waals surface area contributed by atoms with Gasteiger partial charge in [-0.15, -0.1) is 10.2 Å². The van der Waals surface area contributed by atoms with Gasteiger partial charge in [0.05, 0.1) is 13.3 Å². The van der Waals surface area contributed by atoms with Gasteiger partial charge in [0.2, 0.25) is 5.95 Å². The molecule has 0 aliphatic carbocycles. The topological polar surface area (TPSA) is 92.3 Å². The third-order valence-corrected chi connectivity index (χ3v) is 3.49. The number of aryl methyl sites for hydroxylation is 1. The van der Waals surface area contributed by atoms with E-state index in [1.54, 1.807) is 37.6 Å². The van der Waals surface area contributed by atoms with Crippen molar-refractivity contribution in [2.24, 2.45) is 5.10 Å². The minimum Gasteiger partial charge on any atom is -0.497 e. The van der Waals surface area contributed by atoms with E-state index in [-0.39, 0.29) is 17.2 Å². The average Bonchev–Trinajstić information content (AvgIpc) is 2.62.